The van der Waals surface area contributed by atoms with Crippen molar-refractivity contribution in [1.82, 2.24) is 4.90 Å². The molecule has 3 aromatic carbocycles. The number of aliphatic hydroxyl groups excluding tert-OH is 1. The molecule has 0 unspecified atom stereocenters. The maximum atomic E-state index is 14.3. The van der Waals surface area contributed by atoms with E-state index in [0.717, 1.165) is 11.1 Å². The summed E-state index contributed by atoms with van der Waals surface area (Å²) < 4.78 is 24.5. The van der Waals surface area contributed by atoms with Gasteiger partial charge in [-0.1, -0.05) is 54.1 Å². The number of nitrogens with zero attached hydrogens (tertiary/aromatic N) is 1. The number of aliphatic hydroxyl groups is 1. The highest BCUT2D eigenvalue weighted by molar-refractivity contribution is 6.30. The van der Waals surface area contributed by atoms with Gasteiger partial charge in [-0.2, -0.15) is 0 Å². The molecular weight excluding hydrogens is 497 g/mol. The quantitative estimate of drug-likeness (QED) is 0.341. The number of carbonyl (C=O) groups is 2. The summed E-state index contributed by atoms with van der Waals surface area (Å²) in [5.41, 5.74) is 2.15. The molecule has 1 N–H and O–H groups in total. The maximum absolute atomic E-state index is 14.3. The van der Waals surface area contributed by atoms with Crippen LogP contribution >= 0.6 is 11.6 Å². The molecule has 0 saturated carbocycles. The van der Waals surface area contributed by atoms with Crippen molar-refractivity contribution in [2.75, 3.05) is 20.2 Å². The lowest BCUT2D eigenvalue weighted by molar-refractivity contribution is 0.0147. The monoisotopic (exact) mass is 527 g/mol. The van der Waals surface area contributed by atoms with Crippen LogP contribution in [-0.4, -0.2) is 47.9 Å². The van der Waals surface area contributed by atoms with Gasteiger partial charge in [-0.05, 0) is 73.7 Å². The molecule has 0 aliphatic rings. The third kappa shape index (κ3) is 8.03. The second kappa shape index (κ2) is 12.2. The van der Waals surface area contributed by atoms with Gasteiger partial charge in [-0.15, -0.1) is 0 Å². The van der Waals surface area contributed by atoms with Gasteiger partial charge < -0.3 is 19.5 Å². The van der Waals surface area contributed by atoms with Crippen molar-refractivity contribution in [3.63, 3.8) is 0 Å². The predicted octanol–water partition coefficient (Wildman–Crippen LogP) is 6.45. The van der Waals surface area contributed by atoms with Crippen molar-refractivity contribution in [3.05, 3.63) is 94.3 Å². The van der Waals surface area contributed by atoms with Gasteiger partial charge in [0.05, 0.1) is 25.3 Å². The molecule has 0 saturated heterocycles. The molecule has 8 heteroatoms. The largest absolute Gasteiger partial charge is 0.465 e. The third-order valence-electron chi connectivity index (χ3n) is 5.61. The molecule has 0 aliphatic carbocycles. The molecule has 3 aromatic rings. The Bertz CT molecular complexity index is 1240. The number of halogens is 2. The van der Waals surface area contributed by atoms with Gasteiger partial charge in [0.15, 0.2) is 0 Å². The van der Waals surface area contributed by atoms with Gasteiger partial charge in [0.25, 0.3) is 0 Å². The summed E-state index contributed by atoms with van der Waals surface area (Å²) in [6, 6.07) is 18.7. The Balaban J connectivity index is 1.72. The molecule has 0 heterocycles. The number of hydrogen-bond donors (Lipinski definition) is 1. The van der Waals surface area contributed by atoms with E-state index in [4.69, 9.17) is 16.3 Å². The minimum absolute atomic E-state index is 0.0408. The number of hydrogen-bond acceptors (Lipinski definition) is 5. The zero-order chi connectivity index (χ0) is 27.2. The molecule has 196 valence electrons. The van der Waals surface area contributed by atoms with Gasteiger partial charge in [0, 0.05) is 11.6 Å². The number of rotatable bonds is 8. The second-order valence-electron chi connectivity index (χ2n) is 9.63. The summed E-state index contributed by atoms with van der Waals surface area (Å²) in [6.45, 7) is 5.72. The van der Waals surface area contributed by atoms with Gasteiger partial charge in [0.2, 0.25) is 0 Å². The van der Waals surface area contributed by atoms with E-state index in [-0.39, 0.29) is 12.1 Å². The zero-order valence-electron chi connectivity index (χ0n) is 21.3. The fourth-order valence-electron chi connectivity index (χ4n) is 3.71. The summed E-state index contributed by atoms with van der Waals surface area (Å²) in [5, 5.41) is 11.2. The second-order valence-corrected chi connectivity index (χ2v) is 10.1. The van der Waals surface area contributed by atoms with Crippen LogP contribution in [0.4, 0.5) is 9.18 Å². The highest BCUT2D eigenvalue weighted by atomic mass is 35.5. The molecular formula is C29H31ClFNO5. The van der Waals surface area contributed by atoms with E-state index in [1.54, 1.807) is 51.1 Å². The van der Waals surface area contributed by atoms with E-state index in [1.807, 2.05) is 24.3 Å². The minimum Gasteiger partial charge on any atom is -0.465 e. The summed E-state index contributed by atoms with van der Waals surface area (Å²) in [5.74, 6) is -1.38. The number of amides is 1. The Morgan fingerprint density at radius 1 is 1.03 bits per heavy atom. The fraction of sp³-hybridized carbons (Fsp3) is 0.310. The summed E-state index contributed by atoms with van der Waals surface area (Å²) in [6.07, 6.45) is -0.944. The molecule has 37 heavy (non-hydrogen) atoms. The van der Waals surface area contributed by atoms with E-state index in [9.17, 15) is 19.1 Å². The standard InChI is InChI=1S/C29H31ClFNO5/c1-29(2,3)37-28(35)32(18-26(33)22-6-5-7-23(30)16-22)15-14-19-8-10-20(11-9-19)21-12-13-24(25(31)17-21)27(34)36-4/h5-13,16-17,26,33H,14-15,18H2,1-4H3/t26-/m0/s1. The van der Waals surface area contributed by atoms with E-state index < -0.39 is 29.6 Å². The first-order valence-corrected chi connectivity index (χ1v) is 12.2. The van der Waals surface area contributed by atoms with Crippen LogP contribution in [0.5, 0.6) is 0 Å². The number of carbonyl (C=O) groups excluding carboxylic acids is 2. The van der Waals surface area contributed by atoms with Crippen LogP contribution in [-0.2, 0) is 15.9 Å². The van der Waals surface area contributed by atoms with Gasteiger partial charge in [-0.3, -0.25) is 0 Å². The first kappa shape index (κ1) is 28.2. The van der Waals surface area contributed by atoms with Gasteiger partial charge in [0.1, 0.15) is 11.4 Å². The summed E-state index contributed by atoms with van der Waals surface area (Å²) in [4.78, 5) is 26.0. The van der Waals surface area contributed by atoms with Crippen LogP contribution in [0.3, 0.4) is 0 Å². The Morgan fingerprint density at radius 3 is 2.30 bits per heavy atom. The first-order chi connectivity index (χ1) is 17.5. The van der Waals surface area contributed by atoms with Crippen molar-refractivity contribution in [2.45, 2.75) is 38.9 Å². The van der Waals surface area contributed by atoms with Crippen LogP contribution < -0.4 is 0 Å². The Hall–Kier alpha value is -3.42. The van der Waals surface area contributed by atoms with Crippen molar-refractivity contribution in [1.29, 1.82) is 0 Å². The SMILES string of the molecule is COC(=O)c1ccc(-c2ccc(CCN(C[C@H](O)c3cccc(Cl)c3)C(=O)OC(C)(C)C)cc2)cc1F. The van der Waals surface area contributed by atoms with Crippen LogP contribution in [0, 0.1) is 5.82 Å². The van der Waals surface area contributed by atoms with E-state index in [2.05, 4.69) is 4.74 Å². The van der Waals surface area contributed by atoms with E-state index in [1.165, 1.54) is 24.1 Å². The normalized spacial score (nSPS) is 12.1. The number of methoxy groups -OCH3 is 1. The van der Waals surface area contributed by atoms with Gasteiger partial charge in [-0.25, -0.2) is 14.0 Å². The third-order valence-corrected chi connectivity index (χ3v) is 5.85. The number of esters is 1. The smallest absolute Gasteiger partial charge is 0.410 e. The highest BCUT2D eigenvalue weighted by Gasteiger charge is 2.24. The Kier molecular flexibility index (Phi) is 9.29. The molecule has 0 bridgehead atoms. The van der Waals surface area contributed by atoms with Crippen molar-refractivity contribution in [2.24, 2.45) is 0 Å². The molecule has 6 nitrogen and oxygen atoms in total. The van der Waals surface area contributed by atoms with Gasteiger partial charge >= 0.3 is 12.1 Å². The molecule has 0 aromatic heterocycles. The molecule has 1 amide bonds. The molecule has 0 aliphatic heterocycles. The summed E-state index contributed by atoms with van der Waals surface area (Å²) >= 11 is 6.05. The van der Waals surface area contributed by atoms with Crippen LogP contribution in [0.25, 0.3) is 11.1 Å². The minimum atomic E-state index is -0.934. The van der Waals surface area contributed by atoms with Crippen LogP contribution in [0.15, 0.2) is 66.7 Å². The topological polar surface area (TPSA) is 76.1 Å². The highest BCUT2D eigenvalue weighted by Crippen LogP contribution is 2.24. The average Bonchev–Trinajstić information content (AvgIpc) is 2.85. The lowest BCUT2D eigenvalue weighted by Gasteiger charge is -2.29. The van der Waals surface area contributed by atoms with Crippen molar-refractivity contribution < 1.29 is 28.6 Å². The molecule has 0 spiro atoms. The molecule has 0 radical (unpaired) electrons. The maximum Gasteiger partial charge on any atom is 0.410 e. The molecule has 3 rings (SSSR count). The van der Waals surface area contributed by atoms with Crippen LogP contribution in [0.2, 0.25) is 5.02 Å². The summed E-state index contributed by atoms with van der Waals surface area (Å²) in [7, 11) is 1.20. The molecule has 0 fully saturated rings. The fourth-order valence-corrected chi connectivity index (χ4v) is 3.91. The lowest BCUT2D eigenvalue weighted by atomic mass is 10.0. The molecule has 1 atom stereocenters. The van der Waals surface area contributed by atoms with Crippen molar-refractivity contribution >= 4 is 23.7 Å². The first-order valence-electron chi connectivity index (χ1n) is 11.9. The van der Waals surface area contributed by atoms with Crippen molar-refractivity contribution in [3.8, 4) is 11.1 Å². The number of benzene rings is 3. The predicted molar refractivity (Wildman–Crippen MR) is 141 cm³/mol. The van der Waals surface area contributed by atoms with E-state index in [0.29, 0.717) is 29.1 Å². The average molecular weight is 528 g/mol. The lowest BCUT2D eigenvalue weighted by Crippen LogP contribution is -2.40. The van der Waals surface area contributed by atoms with E-state index >= 15 is 0 Å². The zero-order valence-corrected chi connectivity index (χ0v) is 22.1. The Morgan fingerprint density at radius 2 is 1.70 bits per heavy atom. The Labute approximate surface area is 221 Å². The van der Waals surface area contributed by atoms with Crippen LogP contribution in [0.1, 0.15) is 48.4 Å². The number of ether oxygens (including phenoxy) is 2.